The second kappa shape index (κ2) is 10.2. The molecule has 1 N–H and O–H groups in total. The van der Waals surface area contributed by atoms with Gasteiger partial charge in [0.05, 0.1) is 5.92 Å². The van der Waals surface area contributed by atoms with Crippen LogP contribution < -0.4 is 5.32 Å². The molecule has 1 aliphatic heterocycles. The van der Waals surface area contributed by atoms with E-state index in [1.165, 1.54) is 37.9 Å². The second-order valence-corrected chi connectivity index (χ2v) is 8.13. The second-order valence-electron chi connectivity index (χ2n) is 8.13. The number of rotatable bonds is 7. The molecule has 0 saturated carbocycles. The van der Waals surface area contributed by atoms with E-state index in [0.29, 0.717) is 6.54 Å². The van der Waals surface area contributed by atoms with Gasteiger partial charge in [0.2, 0.25) is 5.91 Å². The van der Waals surface area contributed by atoms with Crippen LogP contribution in [0.15, 0.2) is 84.9 Å². The minimum Gasteiger partial charge on any atom is -0.351 e. The van der Waals surface area contributed by atoms with Gasteiger partial charge < -0.3 is 5.32 Å². The summed E-state index contributed by atoms with van der Waals surface area (Å²) in [6, 6.07) is 28.6. The van der Waals surface area contributed by atoms with Crippen molar-refractivity contribution in [2.45, 2.75) is 38.3 Å². The third-order valence-electron chi connectivity index (χ3n) is 5.84. The molecule has 3 heteroatoms. The molecule has 1 saturated heterocycles. The summed E-state index contributed by atoms with van der Waals surface area (Å²) < 4.78 is 0. The van der Waals surface area contributed by atoms with Crippen molar-refractivity contribution in [1.82, 2.24) is 10.2 Å². The average molecular weight is 399 g/mol. The van der Waals surface area contributed by atoms with Crippen molar-refractivity contribution >= 4 is 5.91 Å². The third kappa shape index (κ3) is 5.37. The maximum atomic E-state index is 13.2. The van der Waals surface area contributed by atoms with E-state index in [-0.39, 0.29) is 11.8 Å². The molecule has 0 unspecified atom stereocenters. The zero-order chi connectivity index (χ0) is 20.6. The largest absolute Gasteiger partial charge is 0.351 e. The monoisotopic (exact) mass is 398 g/mol. The van der Waals surface area contributed by atoms with E-state index in [0.717, 1.165) is 23.2 Å². The fourth-order valence-electron chi connectivity index (χ4n) is 4.29. The lowest BCUT2D eigenvalue weighted by molar-refractivity contribution is -0.121. The maximum Gasteiger partial charge on any atom is 0.232 e. The van der Waals surface area contributed by atoms with Crippen molar-refractivity contribution in [3.8, 4) is 0 Å². The minimum absolute atomic E-state index is 0.0360. The first-order valence-electron chi connectivity index (χ1n) is 11.0. The Morgan fingerprint density at radius 2 is 1.37 bits per heavy atom. The highest BCUT2D eigenvalue weighted by Gasteiger charge is 2.22. The molecule has 3 aromatic carbocycles. The summed E-state index contributed by atoms with van der Waals surface area (Å²) in [6.45, 7) is 3.93. The summed E-state index contributed by atoms with van der Waals surface area (Å²) in [5, 5.41) is 3.17. The van der Waals surface area contributed by atoms with E-state index >= 15 is 0 Å². The quantitative estimate of drug-likeness (QED) is 0.599. The van der Waals surface area contributed by atoms with Crippen LogP contribution in [0, 0.1) is 0 Å². The lowest BCUT2D eigenvalue weighted by atomic mass is 9.90. The van der Waals surface area contributed by atoms with Gasteiger partial charge in [-0.15, -0.1) is 0 Å². The van der Waals surface area contributed by atoms with Gasteiger partial charge in [-0.3, -0.25) is 9.69 Å². The van der Waals surface area contributed by atoms with Crippen LogP contribution >= 0.6 is 0 Å². The Balaban J connectivity index is 1.44. The highest BCUT2D eigenvalue weighted by atomic mass is 16.1. The number of amides is 1. The average Bonchev–Trinajstić information content (AvgIpc) is 2.80. The molecule has 154 valence electrons. The number of piperidine rings is 1. The van der Waals surface area contributed by atoms with Crippen molar-refractivity contribution in [1.29, 1.82) is 0 Å². The van der Waals surface area contributed by atoms with Crippen LogP contribution in [0.2, 0.25) is 0 Å². The summed E-state index contributed by atoms with van der Waals surface area (Å²) in [5.74, 6) is -0.266. The molecular formula is C27H30N2O. The van der Waals surface area contributed by atoms with Crippen LogP contribution in [0.3, 0.4) is 0 Å². The predicted octanol–water partition coefficient (Wildman–Crippen LogP) is 5.12. The molecule has 1 aliphatic rings. The van der Waals surface area contributed by atoms with Crippen molar-refractivity contribution in [3.63, 3.8) is 0 Å². The van der Waals surface area contributed by atoms with E-state index in [1.807, 2.05) is 60.7 Å². The number of carbonyl (C=O) groups excluding carboxylic acids is 1. The molecule has 1 fully saturated rings. The van der Waals surface area contributed by atoms with E-state index in [2.05, 4.69) is 34.5 Å². The van der Waals surface area contributed by atoms with E-state index in [1.54, 1.807) is 0 Å². The first-order valence-corrected chi connectivity index (χ1v) is 11.0. The molecule has 0 atom stereocenters. The van der Waals surface area contributed by atoms with E-state index < -0.39 is 0 Å². The van der Waals surface area contributed by atoms with Crippen LogP contribution in [0.4, 0.5) is 0 Å². The lowest BCUT2D eigenvalue weighted by Gasteiger charge is -2.26. The topological polar surface area (TPSA) is 32.3 Å². The van der Waals surface area contributed by atoms with Crippen LogP contribution in [0.5, 0.6) is 0 Å². The van der Waals surface area contributed by atoms with Gasteiger partial charge in [0.15, 0.2) is 0 Å². The Kier molecular flexibility index (Phi) is 6.94. The lowest BCUT2D eigenvalue weighted by Crippen LogP contribution is -2.30. The molecule has 0 radical (unpaired) electrons. The summed E-state index contributed by atoms with van der Waals surface area (Å²) >= 11 is 0. The number of carbonyl (C=O) groups is 1. The normalized spacial score (nSPS) is 14.6. The SMILES string of the molecule is O=C(NCc1cccc(CN2CCCCC2)c1)C(c1ccccc1)c1ccccc1. The number of likely N-dealkylation sites (tertiary alicyclic amines) is 1. The molecular weight excluding hydrogens is 368 g/mol. The molecule has 1 amide bonds. The Labute approximate surface area is 179 Å². The molecule has 4 rings (SSSR count). The van der Waals surface area contributed by atoms with Gasteiger partial charge in [-0.1, -0.05) is 91.3 Å². The Morgan fingerprint density at radius 1 is 0.767 bits per heavy atom. The van der Waals surface area contributed by atoms with Gasteiger partial charge >= 0.3 is 0 Å². The number of hydrogen-bond acceptors (Lipinski definition) is 2. The Hall–Kier alpha value is -2.91. The summed E-state index contributed by atoms with van der Waals surface area (Å²) in [5.41, 5.74) is 4.50. The van der Waals surface area contributed by atoms with Gasteiger partial charge in [0.1, 0.15) is 0 Å². The Bertz CT molecular complexity index is 894. The summed E-state index contributed by atoms with van der Waals surface area (Å²) in [6.07, 6.45) is 3.96. The van der Waals surface area contributed by atoms with Crippen LogP contribution in [-0.4, -0.2) is 23.9 Å². The molecule has 0 bridgehead atoms. The number of hydrogen-bond donors (Lipinski definition) is 1. The standard InChI is InChI=1S/C27H30N2O/c30-27(26(24-13-4-1-5-14-24)25-15-6-2-7-16-25)28-20-22-11-10-12-23(19-22)21-29-17-8-3-9-18-29/h1-2,4-7,10-16,19,26H,3,8-9,17-18,20-21H2,(H,28,30). The third-order valence-corrected chi connectivity index (χ3v) is 5.84. The van der Waals surface area contributed by atoms with Crippen molar-refractivity contribution in [2.24, 2.45) is 0 Å². The van der Waals surface area contributed by atoms with Gasteiger partial charge in [-0.25, -0.2) is 0 Å². The van der Waals surface area contributed by atoms with Crippen LogP contribution in [-0.2, 0) is 17.9 Å². The highest BCUT2D eigenvalue weighted by molar-refractivity contribution is 5.87. The first kappa shape index (κ1) is 20.4. The van der Waals surface area contributed by atoms with E-state index in [9.17, 15) is 4.79 Å². The van der Waals surface area contributed by atoms with Gasteiger partial charge in [-0.2, -0.15) is 0 Å². The van der Waals surface area contributed by atoms with Crippen molar-refractivity contribution in [3.05, 3.63) is 107 Å². The zero-order valence-electron chi connectivity index (χ0n) is 17.5. The number of nitrogens with one attached hydrogen (secondary N) is 1. The fourth-order valence-corrected chi connectivity index (χ4v) is 4.29. The molecule has 0 aliphatic carbocycles. The molecule has 30 heavy (non-hydrogen) atoms. The first-order chi connectivity index (χ1) is 14.8. The minimum atomic E-state index is -0.302. The van der Waals surface area contributed by atoms with E-state index in [4.69, 9.17) is 0 Å². The smallest absolute Gasteiger partial charge is 0.232 e. The zero-order valence-corrected chi connectivity index (χ0v) is 17.5. The molecule has 3 nitrogen and oxygen atoms in total. The van der Waals surface area contributed by atoms with Crippen molar-refractivity contribution in [2.75, 3.05) is 13.1 Å². The fraction of sp³-hybridized carbons (Fsp3) is 0.296. The number of benzene rings is 3. The van der Waals surface area contributed by atoms with Crippen LogP contribution in [0.25, 0.3) is 0 Å². The van der Waals surface area contributed by atoms with Gasteiger partial charge in [-0.05, 0) is 48.2 Å². The van der Waals surface area contributed by atoms with Gasteiger partial charge in [0, 0.05) is 13.1 Å². The Morgan fingerprint density at radius 3 is 2.00 bits per heavy atom. The van der Waals surface area contributed by atoms with Gasteiger partial charge in [0.25, 0.3) is 0 Å². The molecule has 0 aromatic heterocycles. The molecule has 0 spiro atoms. The highest BCUT2D eigenvalue weighted by Crippen LogP contribution is 2.25. The van der Waals surface area contributed by atoms with Crippen molar-refractivity contribution < 1.29 is 4.79 Å². The molecule has 1 heterocycles. The summed E-state index contributed by atoms with van der Waals surface area (Å²) in [7, 11) is 0. The molecule has 3 aromatic rings. The number of nitrogens with zero attached hydrogens (tertiary/aromatic N) is 1. The maximum absolute atomic E-state index is 13.2. The van der Waals surface area contributed by atoms with Crippen LogP contribution in [0.1, 0.15) is 47.4 Å². The summed E-state index contributed by atoms with van der Waals surface area (Å²) in [4.78, 5) is 15.7. The predicted molar refractivity (Wildman–Crippen MR) is 122 cm³/mol.